The first-order chi connectivity index (χ1) is 6.72. The number of hydrogen-bond acceptors (Lipinski definition) is 3. The maximum atomic E-state index is 5.30. The predicted molar refractivity (Wildman–Crippen MR) is 61.5 cm³/mol. The summed E-state index contributed by atoms with van der Waals surface area (Å²) in [7, 11) is 0. The zero-order valence-corrected chi connectivity index (χ0v) is 10.0. The van der Waals surface area contributed by atoms with Gasteiger partial charge < -0.3 is 10.1 Å². The van der Waals surface area contributed by atoms with Crippen molar-refractivity contribution in [2.75, 3.05) is 18.5 Å². The van der Waals surface area contributed by atoms with Gasteiger partial charge in [0.05, 0.1) is 18.5 Å². The van der Waals surface area contributed by atoms with Crippen LogP contribution in [-0.2, 0) is 4.74 Å². The van der Waals surface area contributed by atoms with Gasteiger partial charge in [0.1, 0.15) is 4.60 Å². The topological polar surface area (TPSA) is 34.1 Å². The van der Waals surface area contributed by atoms with Gasteiger partial charge in [0, 0.05) is 12.6 Å². The van der Waals surface area contributed by atoms with E-state index in [1.807, 2.05) is 19.1 Å². The molecule has 0 aliphatic rings. The summed E-state index contributed by atoms with van der Waals surface area (Å²) >= 11 is 3.29. The van der Waals surface area contributed by atoms with Crippen molar-refractivity contribution in [2.45, 2.75) is 19.9 Å². The Kier molecular flexibility index (Phi) is 4.90. The molecule has 0 radical (unpaired) electrons. The summed E-state index contributed by atoms with van der Waals surface area (Å²) in [6.45, 7) is 5.54. The quantitative estimate of drug-likeness (QED) is 0.825. The van der Waals surface area contributed by atoms with E-state index in [1.54, 1.807) is 6.20 Å². The lowest BCUT2D eigenvalue weighted by Gasteiger charge is -2.14. The standard InChI is InChI=1S/C10H15BrN2O/c1-3-14-7-8(2)13-9-4-5-10(11)12-6-9/h4-6,8,13H,3,7H2,1-2H3. The molecule has 14 heavy (non-hydrogen) atoms. The highest BCUT2D eigenvalue weighted by Gasteiger charge is 2.01. The van der Waals surface area contributed by atoms with Crippen LogP contribution in [0, 0.1) is 0 Å². The van der Waals surface area contributed by atoms with Crippen LogP contribution in [0.1, 0.15) is 13.8 Å². The fourth-order valence-electron chi connectivity index (χ4n) is 1.08. The normalized spacial score (nSPS) is 12.5. The van der Waals surface area contributed by atoms with Crippen LogP contribution in [0.15, 0.2) is 22.9 Å². The maximum absolute atomic E-state index is 5.30. The van der Waals surface area contributed by atoms with Crippen molar-refractivity contribution in [2.24, 2.45) is 0 Å². The number of aromatic nitrogens is 1. The molecule has 0 amide bonds. The molecule has 78 valence electrons. The van der Waals surface area contributed by atoms with Gasteiger partial charge in [0.2, 0.25) is 0 Å². The molecule has 1 N–H and O–H groups in total. The molecule has 1 heterocycles. The highest BCUT2D eigenvalue weighted by atomic mass is 79.9. The van der Waals surface area contributed by atoms with E-state index < -0.39 is 0 Å². The molecule has 1 rings (SSSR count). The second-order valence-corrected chi connectivity index (χ2v) is 3.89. The van der Waals surface area contributed by atoms with Crippen molar-refractivity contribution in [3.05, 3.63) is 22.9 Å². The largest absolute Gasteiger partial charge is 0.380 e. The first-order valence-corrected chi connectivity index (χ1v) is 5.47. The van der Waals surface area contributed by atoms with Gasteiger partial charge in [0.15, 0.2) is 0 Å². The van der Waals surface area contributed by atoms with Gasteiger partial charge in [-0.15, -0.1) is 0 Å². The zero-order valence-electron chi connectivity index (χ0n) is 8.46. The fourth-order valence-corrected chi connectivity index (χ4v) is 1.32. The monoisotopic (exact) mass is 258 g/mol. The lowest BCUT2D eigenvalue weighted by Crippen LogP contribution is -2.21. The SMILES string of the molecule is CCOCC(C)Nc1ccc(Br)nc1. The molecule has 1 aromatic rings. The van der Waals surface area contributed by atoms with E-state index in [4.69, 9.17) is 4.74 Å². The van der Waals surface area contributed by atoms with Crippen LogP contribution in [0.3, 0.4) is 0 Å². The van der Waals surface area contributed by atoms with Gasteiger partial charge in [-0.3, -0.25) is 0 Å². The minimum absolute atomic E-state index is 0.304. The summed E-state index contributed by atoms with van der Waals surface area (Å²) in [6.07, 6.45) is 1.80. The van der Waals surface area contributed by atoms with Gasteiger partial charge in [-0.2, -0.15) is 0 Å². The molecule has 1 unspecified atom stereocenters. The third kappa shape index (κ3) is 4.07. The van der Waals surface area contributed by atoms with Crippen molar-refractivity contribution in [1.29, 1.82) is 0 Å². The third-order valence-corrected chi connectivity index (χ3v) is 2.18. The van der Waals surface area contributed by atoms with Crippen LogP contribution in [0.4, 0.5) is 5.69 Å². The third-order valence-electron chi connectivity index (χ3n) is 1.71. The van der Waals surface area contributed by atoms with E-state index >= 15 is 0 Å². The Labute approximate surface area is 93.0 Å². The van der Waals surface area contributed by atoms with E-state index in [0.717, 1.165) is 16.9 Å². The fraction of sp³-hybridized carbons (Fsp3) is 0.500. The highest BCUT2D eigenvalue weighted by molar-refractivity contribution is 9.10. The number of hydrogen-bond donors (Lipinski definition) is 1. The number of nitrogens with one attached hydrogen (secondary N) is 1. The number of pyridine rings is 1. The lowest BCUT2D eigenvalue weighted by molar-refractivity contribution is 0.141. The van der Waals surface area contributed by atoms with Crippen LogP contribution in [0.5, 0.6) is 0 Å². The van der Waals surface area contributed by atoms with Crippen LogP contribution in [-0.4, -0.2) is 24.2 Å². The smallest absolute Gasteiger partial charge is 0.106 e. The van der Waals surface area contributed by atoms with Crippen molar-refractivity contribution < 1.29 is 4.74 Å². The molecule has 0 saturated carbocycles. The summed E-state index contributed by atoms with van der Waals surface area (Å²) in [5, 5.41) is 3.30. The molecule has 0 spiro atoms. The second-order valence-electron chi connectivity index (χ2n) is 3.07. The van der Waals surface area contributed by atoms with Gasteiger partial charge in [0.25, 0.3) is 0 Å². The van der Waals surface area contributed by atoms with Gasteiger partial charge in [-0.25, -0.2) is 4.98 Å². The van der Waals surface area contributed by atoms with Crippen LogP contribution in [0.25, 0.3) is 0 Å². The summed E-state index contributed by atoms with van der Waals surface area (Å²) in [6, 6.07) is 4.20. The summed E-state index contributed by atoms with van der Waals surface area (Å²) < 4.78 is 6.15. The van der Waals surface area contributed by atoms with Gasteiger partial charge in [-0.1, -0.05) is 0 Å². The summed E-state index contributed by atoms with van der Waals surface area (Å²) in [5.74, 6) is 0. The number of nitrogens with zero attached hydrogens (tertiary/aromatic N) is 1. The van der Waals surface area contributed by atoms with E-state index in [9.17, 15) is 0 Å². The van der Waals surface area contributed by atoms with E-state index in [2.05, 4.69) is 33.2 Å². The van der Waals surface area contributed by atoms with E-state index in [-0.39, 0.29) is 0 Å². The van der Waals surface area contributed by atoms with Crippen molar-refractivity contribution >= 4 is 21.6 Å². The van der Waals surface area contributed by atoms with Crippen molar-refractivity contribution in [3.63, 3.8) is 0 Å². The van der Waals surface area contributed by atoms with Gasteiger partial charge >= 0.3 is 0 Å². The Hall–Kier alpha value is -0.610. The summed E-state index contributed by atoms with van der Waals surface area (Å²) in [5.41, 5.74) is 1.01. The molecule has 0 saturated heterocycles. The van der Waals surface area contributed by atoms with Crippen LogP contribution >= 0.6 is 15.9 Å². The van der Waals surface area contributed by atoms with Crippen molar-refractivity contribution in [1.82, 2.24) is 4.98 Å². The average molecular weight is 259 g/mol. The number of halogens is 1. The number of anilines is 1. The molecule has 0 aromatic carbocycles. The highest BCUT2D eigenvalue weighted by Crippen LogP contribution is 2.11. The molecular formula is C10H15BrN2O. The summed E-state index contributed by atoms with van der Waals surface area (Å²) in [4.78, 5) is 4.13. The van der Waals surface area contributed by atoms with E-state index in [1.165, 1.54) is 0 Å². The van der Waals surface area contributed by atoms with Gasteiger partial charge in [-0.05, 0) is 41.9 Å². The predicted octanol–water partition coefficient (Wildman–Crippen LogP) is 2.68. The molecule has 0 aliphatic carbocycles. The average Bonchev–Trinajstić information content (AvgIpc) is 2.18. The molecule has 4 heteroatoms. The molecule has 0 bridgehead atoms. The first kappa shape index (κ1) is 11.5. The second kappa shape index (κ2) is 5.98. The van der Waals surface area contributed by atoms with Crippen LogP contribution in [0.2, 0.25) is 0 Å². The molecule has 1 atom stereocenters. The Morgan fingerprint density at radius 1 is 1.57 bits per heavy atom. The maximum Gasteiger partial charge on any atom is 0.106 e. The number of rotatable bonds is 5. The minimum atomic E-state index is 0.304. The van der Waals surface area contributed by atoms with E-state index in [0.29, 0.717) is 12.6 Å². The first-order valence-electron chi connectivity index (χ1n) is 4.68. The van der Waals surface area contributed by atoms with Crippen molar-refractivity contribution in [3.8, 4) is 0 Å². The Morgan fingerprint density at radius 3 is 2.93 bits per heavy atom. The molecule has 0 aliphatic heterocycles. The Balaban J connectivity index is 2.39. The molecular weight excluding hydrogens is 244 g/mol. The minimum Gasteiger partial charge on any atom is -0.380 e. The lowest BCUT2D eigenvalue weighted by atomic mass is 10.3. The molecule has 1 aromatic heterocycles. The Morgan fingerprint density at radius 2 is 2.36 bits per heavy atom. The molecule has 0 fully saturated rings. The molecule has 3 nitrogen and oxygen atoms in total. The van der Waals surface area contributed by atoms with Crippen LogP contribution < -0.4 is 5.32 Å². The number of ether oxygens (including phenoxy) is 1. The zero-order chi connectivity index (χ0) is 10.4. The Bertz CT molecular complexity index is 263.